The normalized spacial score (nSPS) is 18.9. The largest absolute Gasteiger partial charge is 0.378 e. The van der Waals surface area contributed by atoms with Crippen molar-refractivity contribution in [1.29, 1.82) is 0 Å². The molecule has 3 aromatic rings. The third-order valence-corrected chi connectivity index (χ3v) is 6.61. The number of rotatable bonds is 5. The van der Waals surface area contributed by atoms with Crippen LogP contribution < -0.4 is 15.5 Å². The van der Waals surface area contributed by atoms with Crippen LogP contribution in [0, 0.1) is 0 Å². The summed E-state index contributed by atoms with van der Waals surface area (Å²) in [4.78, 5) is 32.0. The number of nitrogens with one attached hydrogen (secondary N) is 2. The van der Waals surface area contributed by atoms with Gasteiger partial charge >= 0.3 is 0 Å². The third kappa shape index (κ3) is 4.33. The molecule has 5 rings (SSSR count). The summed E-state index contributed by atoms with van der Waals surface area (Å²) in [6.07, 6.45) is 2.99. The van der Waals surface area contributed by atoms with E-state index in [4.69, 9.17) is 0 Å². The topological polar surface area (TPSA) is 79.3 Å². The van der Waals surface area contributed by atoms with Crippen LogP contribution in [0.3, 0.4) is 0 Å². The highest BCUT2D eigenvalue weighted by Gasteiger charge is 2.32. The van der Waals surface area contributed by atoms with Crippen molar-refractivity contribution in [2.75, 3.05) is 16.8 Å². The quantitative estimate of drug-likeness (QED) is 0.532. The van der Waals surface area contributed by atoms with Gasteiger partial charge in [0.15, 0.2) is 0 Å². The smallest absolute Gasteiger partial charge is 0.226 e. The number of hydrogen-bond acceptors (Lipinski definition) is 5. The maximum absolute atomic E-state index is 13.1. The highest BCUT2D eigenvalue weighted by Crippen LogP contribution is 2.39. The zero-order valence-electron chi connectivity index (χ0n) is 19.5. The molecule has 1 amide bonds. The van der Waals surface area contributed by atoms with E-state index in [1.807, 2.05) is 58.9 Å². The molecule has 0 unspecified atom stereocenters. The van der Waals surface area contributed by atoms with Crippen LogP contribution in [0.2, 0.25) is 0 Å². The van der Waals surface area contributed by atoms with Gasteiger partial charge in [-0.1, -0.05) is 25.1 Å². The molecule has 2 aromatic carbocycles. The van der Waals surface area contributed by atoms with Crippen molar-refractivity contribution in [2.24, 2.45) is 0 Å². The molecule has 0 spiro atoms. The summed E-state index contributed by atoms with van der Waals surface area (Å²) in [5.74, 6) is 1.05. The molecule has 0 aliphatic carbocycles. The van der Waals surface area contributed by atoms with Gasteiger partial charge in [0.2, 0.25) is 11.7 Å². The molecule has 2 N–H and O–H groups in total. The van der Waals surface area contributed by atoms with Crippen molar-refractivity contribution < 1.29 is 9.59 Å². The third-order valence-electron chi connectivity index (χ3n) is 6.61. The van der Waals surface area contributed by atoms with Crippen LogP contribution in [0.15, 0.2) is 54.7 Å². The first-order valence-electron chi connectivity index (χ1n) is 11.6. The first kappa shape index (κ1) is 24.0. The number of ketones is 1. The molecular weight excluding hydrogens is 450 g/mol. The lowest BCUT2D eigenvalue weighted by atomic mass is 9.91. The van der Waals surface area contributed by atoms with Crippen LogP contribution in [-0.4, -0.2) is 33.8 Å². The van der Waals surface area contributed by atoms with Gasteiger partial charge in [-0.2, -0.15) is 0 Å². The predicted octanol–water partition coefficient (Wildman–Crippen LogP) is 4.33. The minimum absolute atomic E-state index is 0. The fourth-order valence-corrected chi connectivity index (χ4v) is 4.94. The number of amides is 1. The maximum atomic E-state index is 13.1. The second kappa shape index (κ2) is 9.99. The number of imidazole rings is 1. The number of aromatic nitrogens is 2. The fraction of sp³-hybridized carbons (Fsp3) is 0.346. The lowest BCUT2D eigenvalue weighted by Gasteiger charge is -2.40. The summed E-state index contributed by atoms with van der Waals surface area (Å²) >= 11 is 0. The van der Waals surface area contributed by atoms with Crippen molar-refractivity contribution in [2.45, 2.75) is 51.9 Å². The molecule has 0 saturated heterocycles. The monoisotopic (exact) mass is 479 g/mol. The standard InChI is InChI=1S/C26H29N5O2.ClH/c1-3-25(32)31-17(2)14-21(20-6-4-5-7-22(20)31)29-19-10-8-18(9-11-19)26(33)23-15-28-24-16-27-12-13-30(23)24;/h4-11,15,17,21,27,29H,3,12-14,16H2,1-2H3;1H/t17-,21+;/m0./s1. The van der Waals surface area contributed by atoms with Gasteiger partial charge in [0.05, 0.1) is 18.8 Å². The van der Waals surface area contributed by atoms with Crippen LogP contribution in [0.25, 0.3) is 0 Å². The molecule has 0 fully saturated rings. The van der Waals surface area contributed by atoms with Gasteiger partial charge < -0.3 is 20.1 Å². The van der Waals surface area contributed by atoms with E-state index in [9.17, 15) is 9.59 Å². The molecule has 0 saturated carbocycles. The van der Waals surface area contributed by atoms with E-state index < -0.39 is 0 Å². The van der Waals surface area contributed by atoms with E-state index in [0.717, 1.165) is 42.3 Å². The number of carbonyl (C=O) groups excluding carboxylic acids is 2. The average molecular weight is 480 g/mol. The molecule has 7 nitrogen and oxygen atoms in total. The van der Waals surface area contributed by atoms with E-state index in [2.05, 4.69) is 28.6 Å². The van der Waals surface area contributed by atoms with Crippen molar-refractivity contribution in [3.63, 3.8) is 0 Å². The lowest BCUT2D eigenvalue weighted by Crippen LogP contribution is -2.44. The highest BCUT2D eigenvalue weighted by atomic mass is 35.5. The Morgan fingerprint density at radius 1 is 1.15 bits per heavy atom. The van der Waals surface area contributed by atoms with Crippen molar-refractivity contribution in [3.8, 4) is 0 Å². The van der Waals surface area contributed by atoms with Gasteiger partial charge in [-0.3, -0.25) is 9.59 Å². The summed E-state index contributed by atoms with van der Waals surface area (Å²) in [7, 11) is 0. The second-order valence-electron chi connectivity index (χ2n) is 8.75. The van der Waals surface area contributed by atoms with Crippen molar-refractivity contribution in [3.05, 3.63) is 77.4 Å². The number of anilines is 2. The number of para-hydroxylation sites is 1. The summed E-state index contributed by atoms with van der Waals surface area (Å²) in [6.45, 7) is 6.30. The number of carbonyl (C=O) groups is 2. The predicted molar refractivity (Wildman–Crippen MR) is 136 cm³/mol. The first-order valence-corrected chi connectivity index (χ1v) is 11.6. The average Bonchev–Trinajstić information content (AvgIpc) is 3.28. The molecule has 2 atom stereocenters. The van der Waals surface area contributed by atoms with Gasteiger partial charge in [0.1, 0.15) is 11.5 Å². The molecule has 8 heteroatoms. The number of halogens is 1. The summed E-state index contributed by atoms with van der Waals surface area (Å²) in [5, 5.41) is 6.90. The second-order valence-corrected chi connectivity index (χ2v) is 8.75. The van der Waals surface area contributed by atoms with E-state index in [1.54, 1.807) is 6.20 Å². The van der Waals surface area contributed by atoms with Crippen LogP contribution in [0.4, 0.5) is 11.4 Å². The molecule has 1 aromatic heterocycles. The summed E-state index contributed by atoms with van der Waals surface area (Å²) in [6, 6.07) is 16.0. The molecule has 2 aliphatic rings. The van der Waals surface area contributed by atoms with Crippen molar-refractivity contribution in [1.82, 2.24) is 14.9 Å². The van der Waals surface area contributed by atoms with Gasteiger partial charge in [-0.25, -0.2) is 4.98 Å². The number of benzene rings is 2. The number of hydrogen-bond donors (Lipinski definition) is 2. The summed E-state index contributed by atoms with van der Waals surface area (Å²) in [5.41, 5.74) is 4.35. The Balaban J connectivity index is 0.00000274. The minimum Gasteiger partial charge on any atom is -0.378 e. The Kier molecular flexibility index (Phi) is 7.05. The first-order chi connectivity index (χ1) is 16.1. The SMILES string of the molecule is CCC(=O)N1c2ccccc2[C@H](Nc2ccc(C(=O)c3cnc4n3CCNC4)cc2)C[C@@H]1C.Cl. The molecule has 2 aliphatic heterocycles. The molecule has 3 heterocycles. The Morgan fingerprint density at radius 2 is 1.91 bits per heavy atom. The van der Waals surface area contributed by atoms with E-state index in [-0.39, 0.29) is 36.2 Å². The Hall–Kier alpha value is -3.16. The van der Waals surface area contributed by atoms with E-state index >= 15 is 0 Å². The minimum atomic E-state index is -0.00689. The zero-order valence-corrected chi connectivity index (χ0v) is 20.3. The highest BCUT2D eigenvalue weighted by molar-refractivity contribution is 6.08. The Bertz CT molecular complexity index is 1190. The van der Waals surface area contributed by atoms with Gasteiger partial charge in [-0.15, -0.1) is 12.4 Å². The fourth-order valence-electron chi connectivity index (χ4n) is 4.94. The number of fused-ring (bicyclic) bond motifs is 2. The Morgan fingerprint density at radius 3 is 2.68 bits per heavy atom. The van der Waals surface area contributed by atoms with Crippen LogP contribution in [0.5, 0.6) is 0 Å². The van der Waals surface area contributed by atoms with Crippen LogP contribution in [0.1, 0.15) is 60.2 Å². The maximum Gasteiger partial charge on any atom is 0.226 e. The molecule has 178 valence electrons. The van der Waals surface area contributed by atoms with Crippen LogP contribution in [-0.2, 0) is 17.9 Å². The lowest BCUT2D eigenvalue weighted by molar-refractivity contribution is -0.118. The van der Waals surface area contributed by atoms with Gasteiger partial charge in [0.25, 0.3) is 0 Å². The zero-order chi connectivity index (χ0) is 22.9. The van der Waals surface area contributed by atoms with E-state index in [0.29, 0.717) is 24.2 Å². The molecule has 34 heavy (non-hydrogen) atoms. The van der Waals surface area contributed by atoms with Crippen LogP contribution >= 0.6 is 12.4 Å². The number of nitrogens with zero attached hydrogens (tertiary/aromatic N) is 3. The van der Waals surface area contributed by atoms with Crippen molar-refractivity contribution >= 4 is 35.5 Å². The summed E-state index contributed by atoms with van der Waals surface area (Å²) < 4.78 is 2.01. The van der Waals surface area contributed by atoms with Gasteiger partial charge in [-0.05, 0) is 49.2 Å². The van der Waals surface area contributed by atoms with Gasteiger partial charge in [0, 0.05) is 42.5 Å². The molecule has 0 bridgehead atoms. The molecule has 0 radical (unpaired) electrons. The van der Waals surface area contributed by atoms with E-state index in [1.165, 1.54) is 0 Å². The molecular formula is C26H30ClN5O2. The Labute approximate surface area is 206 Å².